The van der Waals surface area contributed by atoms with Gasteiger partial charge < -0.3 is 16.2 Å². The fraction of sp³-hybridized carbons (Fsp3) is 0.857. The first-order chi connectivity index (χ1) is 5.07. The second-order valence-electron chi connectivity index (χ2n) is 2.89. The third kappa shape index (κ3) is 4.75. The molecule has 1 atom stereocenters. The summed E-state index contributed by atoms with van der Waals surface area (Å²) >= 11 is 0. The molecule has 0 bridgehead atoms. The van der Waals surface area contributed by atoms with E-state index in [1.165, 1.54) is 0 Å². The van der Waals surface area contributed by atoms with Gasteiger partial charge in [0.2, 0.25) is 5.91 Å². The van der Waals surface area contributed by atoms with Gasteiger partial charge in [-0.1, -0.05) is 13.8 Å². The minimum Gasteiger partial charge on any atom is -0.382 e. The van der Waals surface area contributed by atoms with Gasteiger partial charge in [-0.25, -0.2) is 0 Å². The van der Waals surface area contributed by atoms with Crippen molar-refractivity contribution in [1.82, 2.24) is 5.32 Å². The van der Waals surface area contributed by atoms with E-state index in [1.54, 1.807) is 0 Å². The Labute approximate surface area is 66.8 Å². The predicted octanol–water partition coefficient (Wildman–Crippen LogP) is -0.922. The average Bonchev–Trinajstić information content (AvgIpc) is 1.98. The Morgan fingerprint density at radius 2 is 2.18 bits per heavy atom. The van der Waals surface area contributed by atoms with Crippen LogP contribution in [-0.2, 0) is 4.79 Å². The van der Waals surface area contributed by atoms with Crippen molar-refractivity contribution in [3.05, 3.63) is 0 Å². The first-order valence-electron chi connectivity index (χ1n) is 3.73. The van der Waals surface area contributed by atoms with Crippen LogP contribution in [0, 0.1) is 5.92 Å². The van der Waals surface area contributed by atoms with Crippen LogP contribution >= 0.6 is 0 Å². The van der Waals surface area contributed by atoms with Gasteiger partial charge in [0.15, 0.2) is 0 Å². The van der Waals surface area contributed by atoms with Crippen LogP contribution in [0.3, 0.4) is 0 Å². The molecule has 4 N–H and O–H groups in total. The van der Waals surface area contributed by atoms with E-state index in [-0.39, 0.29) is 12.5 Å². The number of carbonyl (C=O) groups excluding carboxylic acids is 1. The van der Waals surface area contributed by atoms with Crippen LogP contribution in [0.2, 0.25) is 0 Å². The van der Waals surface area contributed by atoms with E-state index in [4.69, 9.17) is 10.8 Å². The molecule has 11 heavy (non-hydrogen) atoms. The summed E-state index contributed by atoms with van der Waals surface area (Å²) in [5, 5.41) is 11.5. The number of aliphatic hydroxyl groups is 1. The zero-order valence-electron chi connectivity index (χ0n) is 7.00. The minimum atomic E-state index is -1.06. The van der Waals surface area contributed by atoms with E-state index in [9.17, 15) is 4.79 Å². The van der Waals surface area contributed by atoms with Crippen LogP contribution in [0.5, 0.6) is 0 Å². The Morgan fingerprint density at radius 1 is 1.64 bits per heavy atom. The molecule has 0 aliphatic rings. The zero-order chi connectivity index (χ0) is 8.85. The SMILES string of the molecule is CC(C)CNC(=O)C(O)CN. The Bertz CT molecular complexity index is 126. The van der Waals surface area contributed by atoms with Crippen LogP contribution < -0.4 is 11.1 Å². The van der Waals surface area contributed by atoms with Crippen molar-refractivity contribution in [3.63, 3.8) is 0 Å². The summed E-state index contributed by atoms with van der Waals surface area (Å²) < 4.78 is 0. The van der Waals surface area contributed by atoms with Crippen molar-refractivity contribution >= 4 is 5.91 Å². The second kappa shape index (κ2) is 5.09. The summed E-state index contributed by atoms with van der Waals surface area (Å²) in [5.41, 5.74) is 5.07. The largest absolute Gasteiger partial charge is 0.382 e. The first kappa shape index (κ1) is 10.4. The topological polar surface area (TPSA) is 75.3 Å². The molecule has 0 saturated heterocycles. The number of carbonyl (C=O) groups is 1. The molecule has 1 amide bonds. The molecule has 0 radical (unpaired) electrons. The number of hydrogen-bond acceptors (Lipinski definition) is 3. The monoisotopic (exact) mass is 160 g/mol. The lowest BCUT2D eigenvalue weighted by molar-refractivity contribution is -0.128. The fourth-order valence-corrected chi connectivity index (χ4v) is 0.530. The highest BCUT2D eigenvalue weighted by Crippen LogP contribution is 1.87. The highest BCUT2D eigenvalue weighted by atomic mass is 16.3. The Morgan fingerprint density at radius 3 is 2.55 bits per heavy atom. The molecular formula is C7H16N2O2. The molecule has 4 heteroatoms. The van der Waals surface area contributed by atoms with Crippen molar-refractivity contribution < 1.29 is 9.90 Å². The molecular weight excluding hydrogens is 144 g/mol. The van der Waals surface area contributed by atoms with Gasteiger partial charge in [0.05, 0.1) is 0 Å². The van der Waals surface area contributed by atoms with Crippen LogP contribution in [0.1, 0.15) is 13.8 Å². The summed E-state index contributed by atoms with van der Waals surface area (Å²) in [5.74, 6) is 0.00474. The molecule has 66 valence electrons. The predicted molar refractivity (Wildman–Crippen MR) is 42.9 cm³/mol. The summed E-state index contributed by atoms with van der Waals surface area (Å²) in [6.45, 7) is 4.52. The number of hydrogen-bond donors (Lipinski definition) is 3. The van der Waals surface area contributed by atoms with E-state index in [1.807, 2.05) is 13.8 Å². The molecule has 4 nitrogen and oxygen atoms in total. The molecule has 0 aromatic rings. The van der Waals surface area contributed by atoms with Gasteiger partial charge in [0, 0.05) is 13.1 Å². The third-order valence-electron chi connectivity index (χ3n) is 1.21. The number of rotatable bonds is 4. The van der Waals surface area contributed by atoms with Gasteiger partial charge in [-0.3, -0.25) is 4.79 Å². The van der Waals surface area contributed by atoms with E-state index < -0.39 is 6.10 Å². The molecule has 0 spiro atoms. The fourth-order valence-electron chi connectivity index (χ4n) is 0.530. The minimum absolute atomic E-state index is 0.0239. The van der Waals surface area contributed by atoms with Crippen molar-refractivity contribution in [3.8, 4) is 0 Å². The zero-order valence-corrected chi connectivity index (χ0v) is 7.00. The standard InChI is InChI=1S/C7H16N2O2/c1-5(2)4-9-7(11)6(10)3-8/h5-6,10H,3-4,8H2,1-2H3,(H,9,11). The molecule has 0 heterocycles. The van der Waals surface area contributed by atoms with Gasteiger partial charge in [0.1, 0.15) is 6.10 Å². The highest BCUT2D eigenvalue weighted by molar-refractivity contribution is 5.80. The third-order valence-corrected chi connectivity index (χ3v) is 1.21. The summed E-state index contributed by atoms with van der Waals surface area (Å²) in [6, 6.07) is 0. The van der Waals surface area contributed by atoms with Crippen LogP contribution in [0.25, 0.3) is 0 Å². The molecule has 0 aromatic heterocycles. The van der Waals surface area contributed by atoms with Gasteiger partial charge in [-0.2, -0.15) is 0 Å². The van der Waals surface area contributed by atoms with Crippen LogP contribution in [-0.4, -0.2) is 30.2 Å². The van der Waals surface area contributed by atoms with Gasteiger partial charge in [0.25, 0.3) is 0 Å². The molecule has 0 saturated carbocycles. The Balaban J connectivity index is 3.52. The number of nitrogens with one attached hydrogen (secondary N) is 1. The maximum atomic E-state index is 10.8. The quantitative estimate of drug-likeness (QED) is 0.498. The summed E-state index contributed by atoms with van der Waals surface area (Å²) in [6.07, 6.45) is -1.06. The van der Waals surface area contributed by atoms with Crippen LogP contribution in [0.15, 0.2) is 0 Å². The van der Waals surface area contributed by atoms with Crippen LogP contribution in [0.4, 0.5) is 0 Å². The van der Waals surface area contributed by atoms with Gasteiger partial charge >= 0.3 is 0 Å². The average molecular weight is 160 g/mol. The normalized spacial score (nSPS) is 13.2. The van der Waals surface area contributed by atoms with Crippen molar-refractivity contribution in [2.75, 3.05) is 13.1 Å². The number of amides is 1. The molecule has 0 fully saturated rings. The lowest BCUT2D eigenvalue weighted by Gasteiger charge is -2.10. The lowest BCUT2D eigenvalue weighted by Crippen LogP contribution is -2.40. The van der Waals surface area contributed by atoms with E-state index >= 15 is 0 Å². The molecule has 0 aliphatic heterocycles. The smallest absolute Gasteiger partial charge is 0.250 e. The summed E-state index contributed by atoms with van der Waals surface area (Å²) in [7, 11) is 0. The lowest BCUT2D eigenvalue weighted by atomic mass is 10.2. The van der Waals surface area contributed by atoms with E-state index in [0.717, 1.165) is 0 Å². The Kier molecular flexibility index (Phi) is 4.81. The molecule has 0 aliphatic carbocycles. The highest BCUT2D eigenvalue weighted by Gasteiger charge is 2.11. The maximum absolute atomic E-state index is 10.8. The van der Waals surface area contributed by atoms with Crippen molar-refractivity contribution in [2.24, 2.45) is 11.7 Å². The Hall–Kier alpha value is -0.610. The van der Waals surface area contributed by atoms with Crippen molar-refractivity contribution in [1.29, 1.82) is 0 Å². The summed E-state index contributed by atoms with van der Waals surface area (Å²) in [4.78, 5) is 10.8. The molecule has 0 rings (SSSR count). The van der Waals surface area contributed by atoms with Crippen molar-refractivity contribution in [2.45, 2.75) is 20.0 Å². The van der Waals surface area contributed by atoms with E-state index in [2.05, 4.69) is 5.32 Å². The maximum Gasteiger partial charge on any atom is 0.250 e. The first-order valence-corrected chi connectivity index (χ1v) is 3.73. The van der Waals surface area contributed by atoms with Gasteiger partial charge in [-0.05, 0) is 5.92 Å². The number of aliphatic hydroxyl groups excluding tert-OH is 1. The second-order valence-corrected chi connectivity index (χ2v) is 2.89. The van der Waals surface area contributed by atoms with E-state index in [0.29, 0.717) is 12.5 Å². The molecule has 0 aromatic carbocycles. The molecule has 1 unspecified atom stereocenters. The van der Waals surface area contributed by atoms with Gasteiger partial charge in [-0.15, -0.1) is 0 Å². The number of nitrogens with two attached hydrogens (primary N) is 1.